The average Bonchev–Trinajstić information content (AvgIpc) is 3.76. The predicted molar refractivity (Wildman–Crippen MR) is 145 cm³/mol. The Labute approximate surface area is 231 Å². The van der Waals surface area contributed by atoms with Crippen LogP contribution in [0.1, 0.15) is 32.1 Å². The van der Waals surface area contributed by atoms with Gasteiger partial charge >= 0.3 is 6.36 Å². The number of aliphatic hydroxyl groups is 1. The van der Waals surface area contributed by atoms with Crippen LogP contribution >= 0.6 is 0 Å². The zero-order chi connectivity index (χ0) is 27.9. The molecule has 0 radical (unpaired) electrons. The van der Waals surface area contributed by atoms with E-state index in [0.717, 1.165) is 42.8 Å². The molecular weight excluding hydrogens is 543 g/mol. The highest BCUT2D eigenvalue weighted by atomic mass is 32.2. The number of halogens is 3. The van der Waals surface area contributed by atoms with Crippen LogP contribution in [0.2, 0.25) is 0 Å². The zero-order valence-electron chi connectivity index (χ0n) is 21.6. The van der Waals surface area contributed by atoms with Crippen LogP contribution in [0, 0.1) is 5.92 Å². The molecule has 1 aliphatic heterocycles. The molecule has 212 valence electrons. The summed E-state index contributed by atoms with van der Waals surface area (Å²) in [6.07, 6.45) is -1.71. The van der Waals surface area contributed by atoms with E-state index in [1.807, 2.05) is 48.5 Å². The van der Waals surface area contributed by atoms with Gasteiger partial charge < -0.3 is 19.5 Å². The summed E-state index contributed by atoms with van der Waals surface area (Å²) in [5.74, 6) is 1.32. The summed E-state index contributed by atoms with van der Waals surface area (Å²) in [7, 11) is -3.26. The summed E-state index contributed by atoms with van der Waals surface area (Å²) in [4.78, 5) is 2.35. The summed E-state index contributed by atoms with van der Waals surface area (Å²) < 4.78 is 70.1. The van der Waals surface area contributed by atoms with Gasteiger partial charge in [0, 0.05) is 6.04 Å². The molecule has 6 rings (SSSR count). The highest BCUT2D eigenvalue weighted by molar-refractivity contribution is 7.91. The number of para-hydroxylation sites is 4. The molecule has 11 heteroatoms. The van der Waals surface area contributed by atoms with Gasteiger partial charge in [-0.2, -0.15) is 0 Å². The van der Waals surface area contributed by atoms with Gasteiger partial charge in [-0.3, -0.25) is 0 Å². The van der Waals surface area contributed by atoms with E-state index in [1.54, 1.807) is 0 Å². The summed E-state index contributed by atoms with van der Waals surface area (Å²) in [6, 6.07) is 19.4. The summed E-state index contributed by atoms with van der Waals surface area (Å²) in [5.41, 5.74) is 1.68. The smallest absolute Gasteiger partial charge is 0.453 e. The van der Waals surface area contributed by atoms with Gasteiger partial charge in [0.2, 0.25) is 0 Å². The van der Waals surface area contributed by atoms with Crippen molar-refractivity contribution in [2.24, 2.45) is 10.3 Å². The Morgan fingerprint density at radius 1 is 0.950 bits per heavy atom. The first-order chi connectivity index (χ1) is 19.2. The summed E-state index contributed by atoms with van der Waals surface area (Å²) >= 11 is 0. The number of benzene rings is 3. The van der Waals surface area contributed by atoms with Crippen LogP contribution in [0.25, 0.3) is 0 Å². The molecule has 4 atom stereocenters. The monoisotopic (exact) mass is 573 g/mol. The number of aliphatic hydroxyl groups excluding tert-OH is 1. The van der Waals surface area contributed by atoms with Gasteiger partial charge in [0.1, 0.15) is 15.7 Å². The molecule has 2 N–H and O–H groups in total. The molecule has 0 spiro atoms. The minimum Gasteiger partial charge on any atom is -0.453 e. The zero-order valence-corrected chi connectivity index (χ0v) is 22.4. The second-order valence-corrected chi connectivity index (χ2v) is 12.4. The van der Waals surface area contributed by atoms with Crippen molar-refractivity contribution in [1.29, 1.82) is 0 Å². The van der Waals surface area contributed by atoms with Gasteiger partial charge in [0.05, 0.1) is 35.0 Å². The van der Waals surface area contributed by atoms with E-state index in [1.165, 1.54) is 12.1 Å². The molecule has 2 fully saturated rings. The molecule has 1 heterocycles. The normalized spacial score (nSPS) is 23.8. The van der Waals surface area contributed by atoms with Crippen LogP contribution in [0.15, 0.2) is 82.1 Å². The molecule has 2 saturated carbocycles. The predicted octanol–water partition coefficient (Wildman–Crippen LogP) is 6.55. The fourth-order valence-electron chi connectivity index (χ4n) is 5.38. The second kappa shape index (κ2) is 10.6. The fraction of sp³-hybridized carbons (Fsp3) is 0.379. The Kier molecular flexibility index (Phi) is 7.14. The Hall–Kier alpha value is -3.28. The van der Waals surface area contributed by atoms with E-state index in [0.29, 0.717) is 36.8 Å². The lowest BCUT2D eigenvalue weighted by Crippen LogP contribution is -2.56. The lowest BCUT2D eigenvalue weighted by Gasteiger charge is -2.45. The number of nitrogens with zero attached hydrogens (tertiary/aromatic N) is 2. The molecule has 1 unspecified atom stereocenters. The van der Waals surface area contributed by atoms with Crippen molar-refractivity contribution >= 4 is 21.3 Å². The highest BCUT2D eigenvalue weighted by Gasteiger charge is 2.41. The van der Waals surface area contributed by atoms with Crippen LogP contribution in [0.5, 0.6) is 17.2 Å². The molecule has 0 amide bonds. The Morgan fingerprint density at radius 2 is 1.57 bits per heavy atom. The van der Waals surface area contributed by atoms with E-state index in [4.69, 9.17) is 4.74 Å². The van der Waals surface area contributed by atoms with E-state index < -0.39 is 34.2 Å². The second-order valence-electron chi connectivity index (χ2n) is 10.4. The van der Waals surface area contributed by atoms with Crippen LogP contribution < -0.4 is 19.1 Å². The van der Waals surface area contributed by atoms with Crippen molar-refractivity contribution in [2.45, 2.75) is 61.5 Å². The first kappa shape index (κ1) is 26.9. The lowest BCUT2D eigenvalue weighted by atomic mass is 9.86. The van der Waals surface area contributed by atoms with Crippen molar-refractivity contribution in [3.8, 4) is 17.2 Å². The molecule has 40 heavy (non-hydrogen) atoms. The van der Waals surface area contributed by atoms with E-state index >= 15 is 0 Å². The molecule has 3 aromatic rings. The number of fused-ring (bicyclic) bond motifs is 2. The maximum absolute atomic E-state index is 14.3. The van der Waals surface area contributed by atoms with E-state index in [2.05, 4.69) is 18.7 Å². The van der Waals surface area contributed by atoms with Gasteiger partial charge in [-0.15, -0.1) is 13.2 Å². The van der Waals surface area contributed by atoms with Crippen molar-refractivity contribution in [2.75, 3.05) is 11.4 Å². The maximum atomic E-state index is 14.3. The number of hydrogen-bond acceptors (Lipinski definition) is 6. The first-order valence-corrected chi connectivity index (χ1v) is 14.9. The third-order valence-electron chi connectivity index (χ3n) is 7.52. The minimum atomic E-state index is -4.82. The maximum Gasteiger partial charge on any atom is 0.573 e. The average molecular weight is 574 g/mol. The number of rotatable bonds is 7. The van der Waals surface area contributed by atoms with Crippen LogP contribution in [-0.2, 0) is 9.92 Å². The molecule has 0 bridgehead atoms. The van der Waals surface area contributed by atoms with Gasteiger partial charge in [0.25, 0.3) is 0 Å². The number of hydrogen-bond donors (Lipinski definition) is 2. The molecule has 3 aliphatic rings. The van der Waals surface area contributed by atoms with Gasteiger partial charge in [-0.05, 0) is 86.6 Å². The lowest BCUT2D eigenvalue weighted by molar-refractivity contribution is -0.274. The fourth-order valence-corrected chi connectivity index (χ4v) is 7.33. The third kappa shape index (κ3) is 5.63. The molecule has 7 nitrogen and oxygen atoms in total. The van der Waals surface area contributed by atoms with Crippen molar-refractivity contribution in [3.63, 3.8) is 0 Å². The van der Waals surface area contributed by atoms with Crippen molar-refractivity contribution in [3.05, 3.63) is 72.8 Å². The number of alkyl halides is 3. The van der Waals surface area contributed by atoms with Crippen molar-refractivity contribution < 1.29 is 32.0 Å². The van der Waals surface area contributed by atoms with Crippen LogP contribution in [0.3, 0.4) is 0 Å². The van der Waals surface area contributed by atoms with E-state index in [-0.39, 0.29) is 10.9 Å². The minimum absolute atomic E-state index is 0.249. The number of nitrogens with one attached hydrogen (secondary N) is 1. The summed E-state index contributed by atoms with van der Waals surface area (Å²) in [6.45, 7) is 0.378. The number of ether oxygens (including phenoxy) is 2. The molecular formula is C29H30F3N3O4S. The molecule has 3 aromatic carbocycles. The molecule has 2 aliphatic carbocycles. The Bertz CT molecular complexity index is 1440. The Morgan fingerprint density at radius 3 is 2.17 bits per heavy atom. The summed E-state index contributed by atoms with van der Waals surface area (Å²) in [5, 5.41) is 11.7. The van der Waals surface area contributed by atoms with Gasteiger partial charge in [0.15, 0.2) is 11.5 Å². The SMILES string of the molecule is O=S(=NCC1CC1)(N[C@H]1CCC[C@H](N2c3ccccc3Oc3ccccc32)[C@H]1O)c1ccc(OC(F)(F)F)cc1. The quantitative estimate of drug-likeness (QED) is 0.335. The van der Waals surface area contributed by atoms with Crippen LogP contribution in [0.4, 0.5) is 24.5 Å². The topological polar surface area (TPSA) is 83.4 Å². The number of anilines is 2. The van der Waals surface area contributed by atoms with Gasteiger partial charge in [-0.25, -0.2) is 13.3 Å². The largest absolute Gasteiger partial charge is 0.573 e. The van der Waals surface area contributed by atoms with E-state index in [9.17, 15) is 22.5 Å². The highest BCUT2D eigenvalue weighted by Crippen LogP contribution is 2.49. The first-order valence-electron chi connectivity index (χ1n) is 13.4. The van der Waals surface area contributed by atoms with Gasteiger partial charge in [-0.1, -0.05) is 24.3 Å². The third-order valence-corrected chi connectivity index (χ3v) is 9.57. The van der Waals surface area contributed by atoms with Crippen molar-refractivity contribution in [1.82, 2.24) is 4.72 Å². The Balaban J connectivity index is 1.30. The molecule has 0 saturated heterocycles. The van der Waals surface area contributed by atoms with Crippen LogP contribution in [-0.4, -0.2) is 40.4 Å². The molecule has 0 aromatic heterocycles. The standard InChI is InChI=1S/C29H30F3N3O4S/c30-29(31,32)39-20-14-16-21(17-15-20)40(37,33-18-19-12-13-19)34-22-6-5-9-25(28(22)36)35-23-7-1-3-10-26(23)38-27-11-4-2-8-24(27)35/h1-4,7-8,10-11,14-17,19,22,25,28,36H,5-6,9,12-13,18H2,(H,33,34,37)/t22-,25-,28-,40?/m0/s1.